The largest absolute Gasteiger partial charge is 0.378 e. The lowest BCUT2D eigenvalue weighted by atomic mass is 10.1. The van der Waals surface area contributed by atoms with Crippen LogP contribution in [0.2, 0.25) is 0 Å². The minimum Gasteiger partial charge on any atom is -0.378 e. The van der Waals surface area contributed by atoms with Gasteiger partial charge in [0.25, 0.3) is 0 Å². The summed E-state index contributed by atoms with van der Waals surface area (Å²) >= 11 is 0. The number of allylic oxidation sites excluding steroid dienone is 2. The normalized spacial score (nSPS) is 17.8. The topological polar surface area (TPSA) is 31.3 Å². The molecule has 1 saturated heterocycles. The van der Waals surface area contributed by atoms with Gasteiger partial charge in [-0.15, -0.1) is 0 Å². The van der Waals surface area contributed by atoms with Crippen molar-refractivity contribution in [3.05, 3.63) is 81.8 Å². The fourth-order valence-corrected chi connectivity index (χ4v) is 10.3. The lowest BCUT2D eigenvalue weighted by Crippen LogP contribution is -2.38. The Hall–Kier alpha value is -2.17. The smallest absolute Gasteiger partial charge is 0.130 e. The van der Waals surface area contributed by atoms with Gasteiger partial charge in [0.15, 0.2) is 0 Å². The summed E-state index contributed by atoms with van der Waals surface area (Å²) in [6, 6.07) is 17.6. The number of ether oxygens (including phenoxy) is 1. The highest BCUT2D eigenvalue weighted by atomic mass is 31.2. The van der Waals surface area contributed by atoms with Gasteiger partial charge < -0.3 is 9.64 Å². The van der Waals surface area contributed by atoms with E-state index in [-0.39, 0.29) is 0 Å². The predicted octanol–water partition coefficient (Wildman–Crippen LogP) is 8.07. The molecule has 0 bridgehead atoms. The van der Waals surface area contributed by atoms with Gasteiger partial charge in [-0.1, -0.05) is 64.1 Å². The van der Waals surface area contributed by atoms with E-state index in [4.69, 9.17) is 9.48 Å². The number of morpholine rings is 1. The van der Waals surface area contributed by atoms with Crippen LogP contribution in [-0.4, -0.2) is 66.7 Å². The first-order chi connectivity index (χ1) is 18.5. The van der Waals surface area contributed by atoms with E-state index in [9.17, 15) is 0 Å². The van der Waals surface area contributed by atoms with E-state index in [0.717, 1.165) is 71.0 Å². The minimum atomic E-state index is -2.24. The molecule has 0 aromatic heterocycles. The molecule has 1 aliphatic heterocycles. The molecule has 2 aliphatic rings. The third-order valence-electron chi connectivity index (χ3n) is 8.03. The van der Waals surface area contributed by atoms with Gasteiger partial charge in [0, 0.05) is 50.3 Å². The van der Waals surface area contributed by atoms with Gasteiger partial charge in [-0.25, -0.2) is 4.74 Å². The summed E-state index contributed by atoms with van der Waals surface area (Å²) in [5.41, 5.74) is 7.90. The molecule has 2 aromatic rings. The van der Waals surface area contributed by atoms with Gasteiger partial charge in [0.2, 0.25) is 0 Å². The first-order valence-corrected chi connectivity index (χ1v) is 16.2. The summed E-state index contributed by atoms with van der Waals surface area (Å²) in [6.45, 7) is 21.0. The number of rotatable bonds is 10. The second-order valence-corrected chi connectivity index (χ2v) is 13.2. The molecule has 38 heavy (non-hydrogen) atoms. The monoisotopic (exact) mass is 534 g/mol. The van der Waals surface area contributed by atoms with E-state index < -0.39 is 7.36 Å². The van der Waals surface area contributed by atoms with Crippen LogP contribution in [-0.2, 0) is 4.74 Å². The maximum absolute atomic E-state index is 5.86. The number of hydrogen-bond acceptors (Lipinski definition) is 3. The van der Waals surface area contributed by atoms with Gasteiger partial charge in [0.1, 0.15) is 7.36 Å². The Labute approximate surface area is 231 Å². The molecule has 4 rings (SSSR count). The highest BCUT2D eigenvalue weighted by molar-refractivity contribution is 7.66. The first kappa shape index (κ1) is 28.8. The van der Waals surface area contributed by atoms with E-state index in [2.05, 4.69) is 110 Å². The second-order valence-electron chi connectivity index (χ2n) is 10.2. The molecular weight excluding hydrogens is 487 g/mol. The average molecular weight is 535 g/mol. The maximum atomic E-state index is 5.86. The molecule has 2 aromatic carbocycles. The molecule has 0 atom stereocenters. The summed E-state index contributed by atoms with van der Waals surface area (Å²) in [5, 5.41) is 1.55. The number of hydrogen-bond donors (Lipinski definition) is 0. The fraction of sp³-hybridized carbons (Fsp3) is 0.500. The van der Waals surface area contributed by atoms with Crippen molar-refractivity contribution in [2.45, 2.75) is 54.4 Å². The summed E-state index contributed by atoms with van der Waals surface area (Å²) in [6.07, 6.45) is 4.54. The highest BCUT2D eigenvalue weighted by Gasteiger charge is 2.41. The van der Waals surface area contributed by atoms with Crippen molar-refractivity contribution in [1.29, 1.82) is 0 Å². The Bertz CT molecular complexity index is 1170. The standard InChI is InChI=1S/C32H47N4OP/c1-7-35(8-2)38(36(9-3)10-4,33-30-18-16-26(5)27(6)24-30)31-19-17-29(25-28-14-12-11-13-15-28)32(31)34-20-22-37-23-21-34/h11-16,18,24-25H,7-10,17,19-23H2,1-6H3/b29-25+. The van der Waals surface area contributed by atoms with Crippen molar-refractivity contribution in [3.63, 3.8) is 0 Å². The molecule has 0 N–H and O–H groups in total. The van der Waals surface area contributed by atoms with Crippen LogP contribution < -0.4 is 0 Å². The molecule has 0 spiro atoms. The maximum Gasteiger partial charge on any atom is 0.130 e. The summed E-state index contributed by atoms with van der Waals surface area (Å²) < 4.78 is 17.1. The molecule has 1 heterocycles. The third kappa shape index (κ3) is 5.87. The second kappa shape index (κ2) is 13.3. The van der Waals surface area contributed by atoms with Crippen molar-refractivity contribution in [2.75, 3.05) is 52.5 Å². The van der Waals surface area contributed by atoms with Crippen LogP contribution in [0.25, 0.3) is 6.08 Å². The van der Waals surface area contributed by atoms with Gasteiger partial charge in [-0.05, 0) is 67.2 Å². The Morgan fingerprint density at radius 1 is 0.842 bits per heavy atom. The van der Waals surface area contributed by atoms with E-state index in [1.165, 1.54) is 28.0 Å². The summed E-state index contributed by atoms with van der Waals surface area (Å²) in [5.74, 6) is 0. The molecule has 206 valence electrons. The molecule has 0 radical (unpaired) electrons. The third-order valence-corrected chi connectivity index (χ3v) is 12.4. The fourth-order valence-electron chi connectivity index (χ4n) is 5.92. The molecular formula is C32H47N4OP. The van der Waals surface area contributed by atoms with Gasteiger partial charge in [-0.2, -0.15) is 0 Å². The minimum absolute atomic E-state index is 0.783. The molecule has 6 heteroatoms. The SMILES string of the molecule is CCN(CC)P(=Nc1ccc(C)c(C)c1)(C1=C(N2CCOCC2)/C(=C/c2ccccc2)CC1)N(CC)CC. The zero-order valence-electron chi connectivity index (χ0n) is 24.4. The zero-order chi connectivity index (χ0) is 27.1. The van der Waals surface area contributed by atoms with Crippen LogP contribution in [0.3, 0.4) is 0 Å². The highest BCUT2D eigenvalue weighted by Crippen LogP contribution is 2.69. The quantitative estimate of drug-likeness (QED) is 0.289. The van der Waals surface area contributed by atoms with Gasteiger partial charge in [0.05, 0.1) is 18.9 Å². The molecule has 1 aliphatic carbocycles. The Morgan fingerprint density at radius 3 is 2.05 bits per heavy atom. The number of benzene rings is 2. The van der Waals surface area contributed by atoms with Crippen molar-refractivity contribution in [1.82, 2.24) is 14.2 Å². The van der Waals surface area contributed by atoms with Gasteiger partial charge >= 0.3 is 0 Å². The average Bonchev–Trinajstić information content (AvgIpc) is 3.36. The summed E-state index contributed by atoms with van der Waals surface area (Å²) in [7, 11) is -2.24. The van der Waals surface area contributed by atoms with E-state index in [0.29, 0.717) is 0 Å². The van der Waals surface area contributed by atoms with Crippen molar-refractivity contribution >= 4 is 19.1 Å². The Morgan fingerprint density at radius 2 is 1.47 bits per heavy atom. The van der Waals surface area contributed by atoms with Crippen LogP contribution in [0, 0.1) is 13.8 Å². The molecule has 0 amide bonds. The Kier molecular flexibility index (Phi) is 10.1. The molecule has 0 saturated carbocycles. The first-order valence-electron chi connectivity index (χ1n) is 14.5. The van der Waals surface area contributed by atoms with Crippen molar-refractivity contribution < 1.29 is 4.74 Å². The predicted molar refractivity (Wildman–Crippen MR) is 164 cm³/mol. The molecule has 5 nitrogen and oxygen atoms in total. The molecule has 1 fully saturated rings. The van der Waals surface area contributed by atoms with Crippen molar-refractivity contribution in [3.8, 4) is 0 Å². The van der Waals surface area contributed by atoms with Crippen LogP contribution in [0.1, 0.15) is 57.2 Å². The van der Waals surface area contributed by atoms with Gasteiger partial charge in [-0.3, -0.25) is 9.34 Å². The molecule has 0 unspecified atom stereocenters. The van der Waals surface area contributed by atoms with Crippen LogP contribution in [0.5, 0.6) is 0 Å². The Balaban J connectivity index is 2.06. The van der Waals surface area contributed by atoms with E-state index in [1.807, 2.05) is 0 Å². The van der Waals surface area contributed by atoms with Crippen LogP contribution >= 0.6 is 7.36 Å². The number of aryl methyl sites for hydroxylation is 2. The lowest BCUT2D eigenvalue weighted by molar-refractivity contribution is 0.0548. The summed E-state index contributed by atoms with van der Waals surface area (Å²) in [4.78, 5) is 2.61. The zero-order valence-corrected chi connectivity index (χ0v) is 25.3. The van der Waals surface area contributed by atoms with E-state index in [1.54, 1.807) is 5.31 Å². The van der Waals surface area contributed by atoms with Crippen LogP contribution in [0.4, 0.5) is 5.69 Å². The van der Waals surface area contributed by atoms with E-state index >= 15 is 0 Å². The van der Waals surface area contributed by atoms with Crippen LogP contribution in [0.15, 0.2) is 69.9 Å². The number of nitrogens with zero attached hydrogens (tertiary/aromatic N) is 4. The lowest BCUT2D eigenvalue weighted by Gasteiger charge is -2.45. The van der Waals surface area contributed by atoms with Crippen molar-refractivity contribution in [2.24, 2.45) is 4.74 Å².